The van der Waals surface area contributed by atoms with Gasteiger partial charge in [0.15, 0.2) is 6.61 Å². The largest absolute Gasteiger partial charge is 0.482 e. The maximum Gasteiger partial charge on any atom is 0.341 e. The molecule has 1 aromatic carbocycles. The monoisotopic (exact) mass is 347 g/mol. The van der Waals surface area contributed by atoms with Gasteiger partial charge in [-0.3, -0.25) is 4.79 Å². The minimum absolute atomic E-state index is 0.00937. The molecule has 1 aliphatic carbocycles. The molecule has 1 N–H and O–H groups in total. The number of carboxylic acids is 1. The van der Waals surface area contributed by atoms with Gasteiger partial charge < -0.3 is 19.5 Å². The standard InChI is InChI=1S/C19H25NO5/c1-14-11-20(13-19(25-14)9-3-2-4-10-19)18(23)15-5-7-16(8-6-15)24-12-17(21)22/h5-8,14H,2-4,9-13H2,1H3,(H,21,22). The van der Waals surface area contributed by atoms with E-state index in [2.05, 4.69) is 0 Å². The van der Waals surface area contributed by atoms with Crippen molar-refractivity contribution in [2.24, 2.45) is 0 Å². The molecule has 0 aromatic heterocycles. The summed E-state index contributed by atoms with van der Waals surface area (Å²) in [4.78, 5) is 25.3. The van der Waals surface area contributed by atoms with Crippen molar-refractivity contribution in [3.63, 3.8) is 0 Å². The van der Waals surface area contributed by atoms with E-state index in [1.54, 1.807) is 24.3 Å². The van der Waals surface area contributed by atoms with Gasteiger partial charge in [-0.2, -0.15) is 0 Å². The first-order valence-corrected chi connectivity index (χ1v) is 8.89. The third-order valence-electron chi connectivity index (χ3n) is 4.92. The summed E-state index contributed by atoms with van der Waals surface area (Å²) in [5.74, 6) is -0.594. The number of aliphatic carboxylic acids is 1. The summed E-state index contributed by atoms with van der Waals surface area (Å²) in [6.45, 7) is 2.88. The number of hydrogen-bond donors (Lipinski definition) is 1. The van der Waals surface area contributed by atoms with E-state index in [4.69, 9.17) is 14.6 Å². The lowest BCUT2D eigenvalue weighted by Crippen LogP contribution is -2.57. The van der Waals surface area contributed by atoms with Crippen LogP contribution < -0.4 is 4.74 Å². The van der Waals surface area contributed by atoms with Gasteiger partial charge in [0.1, 0.15) is 5.75 Å². The van der Waals surface area contributed by atoms with E-state index >= 15 is 0 Å². The molecule has 0 radical (unpaired) electrons. The van der Waals surface area contributed by atoms with Crippen molar-refractivity contribution in [1.82, 2.24) is 4.90 Å². The lowest BCUT2D eigenvalue weighted by molar-refractivity contribution is -0.154. The molecule has 25 heavy (non-hydrogen) atoms. The fourth-order valence-corrected chi connectivity index (χ4v) is 3.87. The first-order chi connectivity index (χ1) is 12.0. The van der Waals surface area contributed by atoms with Gasteiger partial charge in [0.05, 0.1) is 18.2 Å². The first-order valence-electron chi connectivity index (χ1n) is 8.89. The summed E-state index contributed by atoms with van der Waals surface area (Å²) in [6.07, 6.45) is 5.63. The van der Waals surface area contributed by atoms with E-state index in [1.807, 2.05) is 11.8 Å². The van der Waals surface area contributed by atoms with Crippen LogP contribution in [0.3, 0.4) is 0 Å². The smallest absolute Gasteiger partial charge is 0.341 e. The molecule has 1 aliphatic heterocycles. The lowest BCUT2D eigenvalue weighted by Gasteiger charge is -2.47. The van der Waals surface area contributed by atoms with Gasteiger partial charge in [0, 0.05) is 12.1 Å². The Hall–Kier alpha value is -2.08. The summed E-state index contributed by atoms with van der Waals surface area (Å²) in [6, 6.07) is 6.65. The highest BCUT2D eigenvalue weighted by Crippen LogP contribution is 2.36. The van der Waals surface area contributed by atoms with Crippen LogP contribution in [0.5, 0.6) is 5.75 Å². The summed E-state index contributed by atoms with van der Waals surface area (Å²) in [7, 11) is 0. The Morgan fingerprint density at radius 3 is 2.56 bits per heavy atom. The van der Waals surface area contributed by atoms with Crippen LogP contribution in [0, 0.1) is 0 Å². The molecule has 1 amide bonds. The number of carbonyl (C=O) groups is 2. The summed E-state index contributed by atoms with van der Waals surface area (Å²) in [5, 5.41) is 8.64. The molecular formula is C19H25NO5. The number of nitrogens with zero attached hydrogens (tertiary/aromatic N) is 1. The van der Waals surface area contributed by atoms with Gasteiger partial charge >= 0.3 is 5.97 Å². The van der Waals surface area contributed by atoms with Crippen LogP contribution in [0.1, 0.15) is 49.4 Å². The van der Waals surface area contributed by atoms with Crippen LogP contribution in [-0.2, 0) is 9.53 Å². The predicted molar refractivity (Wildman–Crippen MR) is 91.8 cm³/mol. The quantitative estimate of drug-likeness (QED) is 0.906. The normalized spacial score (nSPS) is 22.6. The highest BCUT2D eigenvalue weighted by molar-refractivity contribution is 5.94. The van der Waals surface area contributed by atoms with Crippen molar-refractivity contribution in [2.45, 2.75) is 50.7 Å². The molecule has 6 nitrogen and oxygen atoms in total. The first kappa shape index (κ1) is 17.7. The van der Waals surface area contributed by atoms with E-state index in [0.717, 1.165) is 25.7 Å². The molecular weight excluding hydrogens is 322 g/mol. The number of benzene rings is 1. The van der Waals surface area contributed by atoms with Crippen LogP contribution in [0.4, 0.5) is 0 Å². The van der Waals surface area contributed by atoms with Gasteiger partial charge in [-0.1, -0.05) is 19.3 Å². The third kappa shape index (κ3) is 4.31. The van der Waals surface area contributed by atoms with Crippen molar-refractivity contribution in [3.8, 4) is 5.75 Å². The molecule has 1 aromatic rings. The second kappa shape index (κ2) is 7.44. The molecule has 0 bridgehead atoms. The minimum Gasteiger partial charge on any atom is -0.482 e. The third-order valence-corrected chi connectivity index (χ3v) is 4.92. The molecule has 1 heterocycles. The highest BCUT2D eigenvalue weighted by atomic mass is 16.5. The molecule has 3 rings (SSSR count). The number of hydrogen-bond acceptors (Lipinski definition) is 4. The van der Waals surface area contributed by atoms with Crippen molar-refractivity contribution in [2.75, 3.05) is 19.7 Å². The van der Waals surface area contributed by atoms with E-state index in [-0.39, 0.29) is 17.6 Å². The Morgan fingerprint density at radius 1 is 1.24 bits per heavy atom. The number of amides is 1. The number of carbonyl (C=O) groups excluding carboxylic acids is 1. The Balaban J connectivity index is 1.68. The topological polar surface area (TPSA) is 76.1 Å². The van der Waals surface area contributed by atoms with E-state index < -0.39 is 12.6 Å². The Bertz CT molecular complexity index is 621. The molecule has 1 unspecified atom stereocenters. The molecule has 6 heteroatoms. The van der Waals surface area contributed by atoms with Gasteiger partial charge in [-0.15, -0.1) is 0 Å². The fraction of sp³-hybridized carbons (Fsp3) is 0.579. The molecule has 1 saturated carbocycles. The zero-order valence-corrected chi connectivity index (χ0v) is 14.6. The molecule has 1 saturated heterocycles. The fourth-order valence-electron chi connectivity index (χ4n) is 3.87. The maximum absolute atomic E-state index is 12.9. The van der Waals surface area contributed by atoms with Gasteiger partial charge in [0.25, 0.3) is 5.91 Å². The number of rotatable bonds is 4. The van der Waals surface area contributed by atoms with Crippen LogP contribution in [0.15, 0.2) is 24.3 Å². The van der Waals surface area contributed by atoms with Gasteiger partial charge in [-0.05, 0) is 44.0 Å². The van der Waals surface area contributed by atoms with Crippen molar-refractivity contribution < 1.29 is 24.2 Å². The molecule has 1 atom stereocenters. The Kier molecular flexibility index (Phi) is 5.27. The average Bonchev–Trinajstić information content (AvgIpc) is 2.59. The minimum atomic E-state index is -1.03. The van der Waals surface area contributed by atoms with Crippen LogP contribution >= 0.6 is 0 Å². The van der Waals surface area contributed by atoms with Crippen LogP contribution in [0.25, 0.3) is 0 Å². The van der Waals surface area contributed by atoms with Crippen LogP contribution in [-0.4, -0.2) is 53.3 Å². The highest BCUT2D eigenvalue weighted by Gasteiger charge is 2.41. The van der Waals surface area contributed by atoms with E-state index in [1.165, 1.54) is 6.42 Å². The lowest BCUT2D eigenvalue weighted by atomic mass is 9.83. The van der Waals surface area contributed by atoms with Crippen LogP contribution in [0.2, 0.25) is 0 Å². The molecule has 136 valence electrons. The molecule has 2 aliphatic rings. The number of carboxylic acid groups (broad SMARTS) is 1. The second-order valence-corrected chi connectivity index (χ2v) is 7.06. The number of morpholine rings is 1. The van der Waals surface area contributed by atoms with E-state index in [0.29, 0.717) is 24.4 Å². The number of ether oxygens (including phenoxy) is 2. The summed E-state index contributed by atoms with van der Waals surface area (Å²) < 4.78 is 11.3. The Morgan fingerprint density at radius 2 is 1.92 bits per heavy atom. The van der Waals surface area contributed by atoms with Crippen molar-refractivity contribution in [1.29, 1.82) is 0 Å². The zero-order valence-electron chi connectivity index (χ0n) is 14.6. The Labute approximate surface area is 147 Å². The molecule has 2 fully saturated rings. The van der Waals surface area contributed by atoms with Crippen molar-refractivity contribution >= 4 is 11.9 Å². The maximum atomic E-state index is 12.9. The predicted octanol–water partition coefficient (Wildman–Crippen LogP) is 2.71. The van der Waals surface area contributed by atoms with Gasteiger partial charge in [-0.25, -0.2) is 4.79 Å². The summed E-state index contributed by atoms with van der Waals surface area (Å²) in [5.41, 5.74) is 0.401. The average molecular weight is 347 g/mol. The van der Waals surface area contributed by atoms with Gasteiger partial charge in [0.2, 0.25) is 0 Å². The van der Waals surface area contributed by atoms with Crippen molar-refractivity contribution in [3.05, 3.63) is 29.8 Å². The zero-order chi connectivity index (χ0) is 17.9. The van der Waals surface area contributed by atoms with E-state index in [9.17, 15) is 9.59 Å². The SMILES string of the molecule is CC1CN(C(=O)c2ccc(OCC(=O)O)cc2)CC2(CCCCC2)O1. The second-order valence-electron chi connectivity index (χ2n) is 7.06. The summed E-state index contributed by atoms with van der Waals surface area (Å²) >= 11 is 0. The molecule has 1 spiro atoms.